The van der Waals surface area contributed by atoms with E-state index in [0.717, 1.165) is 0 Å². The molecule has 0 aromatic carbocycles. The molecule has 1 unspecified atom stereocenters. The first kappa shape index (κ1) is 12.7. The summed E-state index contributed by atoms with van der Waals surface area (Å²) in [6.07, 6.45) is -3.72. The minimum Gasteiger partial charge on any atom is -0.381 e. The number of anilines is 1. The van der Waals surface area contributed by atoms with E-state index in [2.05, 4.69) is 15.6 Å². The molecule has 2 amide bonds. The molecule has 1 aromatic rings. The molecular weight excluding hydrogens is 283 g/mol. The van der Waals surface area contributed by atoms with E-state index in [0.29, 0.717) is 42.6 Å². The smallest absolute Gasteiger partial charge is 0.381 e. The minimum atomic E-state index is -4.43. The molecule has 0 bridgehead atoms. The number of fused-ring (bicyclic) bond motifs is 1. The van der Waals surface area contributed by atoms with Crippen molar-refractivity contribution in [1.29, 1.82) is 0 Å². The molecule has 19 heavy (non-hydrogen) atoms. The summed E-state index contributed by atoms with van der Waals surface area (Å²) in [6.45, 7) is 1.26. The van der Waals surface area contributed by atoms with Gasteiger partial charge in [0.05, 0.1) is 19.4 Å². The van der Waals surface area contributed by atoms with Gasteiger partial charge in [0.1, 0.15) is 4.88 Å². The number of nitrogens with zero attached hydrogens (tertiary/aromatic N) is 1. The van der Waals surface area contributed by atoms with Crippen molar-refractivity contribution in [2.24, 2.45) is 11.8 Å². The summed E-state index contributed by atoms with van der Waals surface area (Å²) in [5.41, 5.74) is 0. The fourth-order valence-electron chi connectivity index (χ4n) is 2.20. The van der Waals surface area contributed by atoms with Gasteiger partial charge >= 0.3 is 12.2 Å². The first-order valence-electron chi connectivity index (χ1n) is 5.63. The van der Waals surface area contributed by atoms with Crippen molar-refractivity contribution in [2.75, 3.05) is 18.5 Å². The van der Waals surface area contributed by atoms with Gasteiger partial charge in [-0.15, -0.1) is 0 Å². The van der Waals surface area contributed by atoms with E-state index < -0.39 is 17.1 Å². The van der Waals surface area contributed by atoms with Crippen molar-refractivity contribution in [3.8, 4) is 0 Å². The molecule has 1 saturated carbocycles. The molecule has 1 saturated heterocycles. The van der Waals surface area contributed by atoms with Crippen molar-refractivity contribution in [1.82, 2.24) is 10.3 Å². The molecule has 1 aliphatic carbocycles. The summed E-state index contributed by atoms with van der Waals surface area (Å²) < 4.78 is 42.2. The molecule has 2 fully saturated rings. The van der Waals surface area contributed by atoms with E-state index in [4.69, 9.17) is 4.74 Å². The number of halogens is 3. The average molecular weight is 293 g/mol. The van der Waals surface area contributed by atoms with Gasteiger partial charge in [-0.2, -0.15) is 13.2 Å². The number of aromatic nitrogens is 1. The van der Waals surface area contributed by atoms with Gasteiger partial charge in [0.25, 0.3) is 0 Å². The number of hydrogen-bond acceptors (Lipinski definition) is 4. The molecule has 3 atom stereocenters. The van der Waals surface area contributed by atoms with Crippen LogP contribution in [0.1, 0.15) is 4.88 Å². The minimum absolute atomic E-state index is 0.0631. The Balaban J connectivity index is 1.53. The van der Waals surface area contributed by atoms with Crippen LogP contribution < -0.4 is 10.6 Å². The lowest BCUT2D eigenvalue weighted by atomic mass is 10.4. The summed E-state index contributed by atoms with van der Waals surface area (Å²) in [7, 11) is 0. The summed E-state index contributed by atoms with van der Waals surface area (Å²) in [5, 5.41) is 4.96. The Morgan fingerprint density at radius 1 is 1.42 bits per heavy atom. The Kier molecular flexibility index (Phi) is 2.90. The van der Waals surface area contributed by atoms with Crippen molar-refractivity contribution >= 4 is 22.5 Å². The molecule has 0 radical (unpaired) electrons. The van der Waals surface area contributed by atoms with Crippen LogP contribution in [0.3, 0.4) is 0 Å². The van der Waals surface area contributed by atoms with E-state index in [-0.39, 0.29) is 11.2 Å². The summed E-state index contributed by atoms with van der Waals surface area (Å²) in [4.78, 5) is 14.3. The number of carbonyl (C=O) groups excluding carboxylic acids is 1. The maximum atomic E-state index is 12.3. The summed E-state index contributed by atoms with van der Waals surface area (Å²) in [6, 6.07) is -0.460. The Morgan fingerprint density at radius 3 is 2.68 bits per heavy atom. The Morgan fingerprint density at radius 2 is 2.11 bits per heavy atom. The molecule has 3 rings (SSSR count). The SMILES string of the molecule is O=C(Nc1ncc(C(F)(F)F)s1)NC1[C@H]2COC[C@@H]12. The van der Waals surface area contributed by atoms with E-state index in [1.165, 1.54) is 0 Å². The molecular formula is C10H10F3N3O2S. The van der Waals surface area contributed by atoms with Crippen LogP contribution in [-0.4, -0.2) is 30.3 Å². The number of urea groups is 1. The molecule has 2 heterocycles. The highest BCUT2D eigenvalue weighted by atomic mass is 32.1. The third-order valence-corrected chi connectivity index (χ3v) is 4.21. The van der Waals surface area contributed by atoms with Gasteiger partial charge in [-0.3, -0.25) is 5.32 Å². The van der Waals surface area contributed by atoms with Gasteiger partial charge in [0.15, 0.2) is 5.13 Å². The fraction of sp³-hybridized carbons (Fsp3) is 0.600. The van der Waals surface area contributed by atoms with Crippen molar-refractivity contribution in [3.63, 3.8) is 0 Å². The maximum absolute atomic E-state index is 12.3. The van der Waals surface area contributed by atoms with Crippen LogP contribution in [0.2, 0.25) is 0 Å². The third kappa shape index (κ3) is 2.52. The zero-order chi connectivity index (χ0) is 13.6. The Bertz CT molecular complexity index is 494. The molecule has 1 aliphatic heterocycles. The highest BCUT2D eigenvalue weighted by Gasteiger charge is 2.54. The van der Waals surface area contributed by atoms with Gasteiger partial charge in [0.2, 0.25) is 0 Å². The van der Waals surface area contributed by atoms with E-state index in [9.17, 15) is 18.0 Å². The predicted molar refractivity (Wildman–Crippen MR) is 60.9 cm³/mol. The maximum Gasteiger partial charge on any atom is 0.427 e. The number of rotatable bonds is 2. The largest absolute Gasteiger partial charge is 0.427 e. The lowest BCUT2D eigenvalue weighted by Crippen LogP contribution is -2.33. The Labute approximate surface area is 110 Å². The molecule has 9 heteroatoms. The monoisotopic (exact) mass is 293 g/mol. The van der Waals surface area contributed by atoms with Crippen LogP contribution in [-0.2, 0) is 10.9 Å². The van der Waals surface area contributed by atoms with E-state index in [1.54, 1.807) is 0 Å². The molecule has 5 nitrogen and oxygen atoms in total. The predicted octanol–water partition coefficient (Wildman–Crippen LogP) is 1.93. The number of ether oxygens (including phenoxy) is 1. The third-order valence-electron chi connectivity index (χ3n) is 3.26. The summed E-state index contributed by atoms with van der Waals surface area (Å²) in [5.74, 6) is 0.681. The normalized spacial score (nSPS) is 28.9. The first-order valence-corrected chi connectivity index (χ1v) is 6.45. The van der Waals surface area contributed by atoms with Crippen molar-refractivity contribution in [2.45, 2.75) is 12.2 Å². The summed E-state index contributed by atoms with van der Waals surface area (Å²) >= 11 is 0.404. The molecule has 2 N–H and O–H groups in total. The van der Waals surface area contributed by atoms with Crippen LogP contribution in [0.4, 0.5) is 23.1 Å². The quantitative estimate of drug-likeness (QED) is 0.875. The molecule has 0 spiro atoms. The highest BCUT2D eigenvalue weighted by Crippen LogP contribution is 2.44. The second kappa shape index (κ2) is 4.34. The second-order valence-corrected chi connectivity index (χ2v) is 5.55. The van der Waals surface area contributed by atoms with Crippen molar-refractivity contribution in [3.05, 3.63) is 11.1 Å². The van der Waals surface area contributed by atoms with Gasteiger partial charge in [-0.25, -0.2) is 9.78 Å². The topological polar surface area (TPSA) is 63.2 Å². The number of carbonyl (C=O) groups is 1. The van der Waals surface area contributed by atoms with Gasteiger partial charge in [0, 0.05) is 17.9 Å². The van der Waals surface area contributed by atoms with Crippen LogP contribution in [0.15, 0.2) is 6.20 Å². The van der Waals surface area contributed by atoms with Crippen LogP contribution >= 0.6 is 11.3 Å². The molecule has 1 aromatic heterocycles. The first-order chi connectivity index (χ1) is 8.95. The number of hydrogen-bond donors (Lipinski definition) is 2. The van der Waals surface area contributed by atoms with Crippen LogP contribution in [0, 0.1) is 11.8 Å². The highest BCUT2D eigenvalue weighted by molar-refractivity contribution is 7.15. The molecule has 104 valence electrons. The standard InChI is InChI=1S/C10H10F3N3O2S/c11-10(12,13)6-1-14-9(19-6)16-8(17)15-7-4-2-18-3-5(4)7/h1,4-5,7H,2-3H2,(H2,14,15,16,17)/t4-,5+,7?. The fourth-order valence-corrected chi connectivity index (χ4v) is 2.88. The number of nitrogens with one attached hydrogen (secondary N) is 2. The zero-order valence-electron chi connectivity index (χ0n) is 9.53. The van der Waals surface area contributed by atoms with Crippen LogP contribution in [0.25, 0.3) is 0 Å². The van der Waals surface area contributed by atoms with E-state index >= 15 is 0 Å². The number of thiazole rings is 1. The lowest BCUT2D eigenvalue weighted by molar-refractivity contribution is -0.134. The van der Waals surface area contributed by atoms with Gasteiger partial charge in [-0.1, -0.05) is 11.3 Å². The number of alkyl halides is 3. The van der Waals surface area contributed by atoms with Crippen LogP contribution in [0.5, 0.6) is 0 Å². The van der Waals surface area contributed by atoms with Crippen molar-refractivity contribution < 1.29 is 22.7 Å². The lowest BCUT2D eigenvalue weighted by Gasteiger charge is -2.07. The molecule has 2 aliphatic rings. The second-order valence-electron chi connectivity index (χ2n) is 4.52. The average Bonchev–Trinajstić information content (AvgIpc) is 2.76. The Hall–Kier alpha value is -1.35. The van der Waals surface area contributed by atoms with Gasteiger partial charge in [-0.05, 0) is 0 Å². The van der Waals surface area contributed by atoms with Gasteiger partial charge < -0.3 is 10.1 Å². The zero-order valence-corrected chi connectivity index (χ0v) is 10.3. The number of amides is 2. The van der Waals surface area contributed by atoms with E-state index in [1.807, 2.05) is 0 Å².